The molecule has 1 saturated carbocycles. The van der Waals surface area contributed by atoms with Crippen molar-refractivity contribution in [1.29, 1.82) is 0 Å². The van der Waals surface area contributed by atoms with Crippen LogP contribution in [-0.4, -0.2) is 36.3 Å². The van der Waals surface area contributed by atoms with Gasteiger partial charge < -0.3 is 4.74 Å². The van der Waals surface area contributed by atoms with Crippen LogP contribution < -0.4 is 0 Å². The molecule has 1 fully saturated rings. The number of nitrogens with zero attached hydrogens (tertiary/aromatic N) is 5. The lowest BCUT2D eigenvalue weighted by molar-refractivity contribution is 0.0214. The Morgan fingerprint density at radius 2 is 1.76 bits per heavy atom. The van der Waals surface area contributed by atoms with Gasteiger partial charge in [-0.3, -0.25) is 14.5 Å². The second-order valence-electron chi connectivity index (χ2n) is 11.6. The SMILES string of the molecule is CC(C)c1cccc([C@H]2CC[C@H](c3nnc4n3-c3ccc(Cl)cc3CN(C(=O)OC(C)(C)C)C4)CC2)n1. The second kappa shape index (κ2) is 10.1. The molecule has 196 valence electrons. The Hall–Kier alpha value is -2.93. The molecule has 0 radical (unpaired) electrons. The van der Waals surface area contributed by atoms with Gasteiger partial charge in [0.2, 0.25) is 0 Å². The van der Waals surface area contributed by atoms with Crippen molar-refractivity contribution in [1.82, 2.24) is 24.6 Å². The lowest BCUT2D eigenvalue weighted by Crippen LogP contribution is -2.35. The number of amides is 1. The van der Waals surface area contributed by atoms with Crippen LogP contribution in [0.3, 0.4) is 0 Å². The fourth-order valence-corrected chi connectivity index (χ4v) is 5.61. The molecule has 0 atom stereocenters. The molecule has 1 aliphatic carbocycles. The number of carbonyl (C=O) groups excluding carboxylic acids is 1. The number of rotatable bonds is 3. The summed E-state index contributed by atoms with van der Waals surface area (Å²) in [6, 6.07) is 12.3. The van der Waals surface area contributed by atoms with Crippen LogP contribution in [-0.2, 0) is 17.8 Å². The molecule has 1 amide bonds. The van der Waals surface area contributed by atoms with E-state index in [9.17, 15) is 4.79 Å². The number of hydrogen-bond acceptors (Lipinski definition) is 5. The summed E-state index contributed by atoms with van der Waals surface area (Å²) in [6.07, 6.45) is 3.82. The zero-order valence-corrected chi connectivity index (χ0v) is 23.1. The lowest BCUT2D eigenvalue weighted by atomic mass is 9.79. The average Bonchev–Trinajstić information content (AvgIpc) is 3.18. The van der Waals surface area contributed by atoms with Gasteiger partial charge in [0, 0.05) is 28.2 Å². The van der Waals surface area contributed by atoms with E-state index in [2.05, 4.69) is 46.8 Å². The molecule has 0 spiro atoms. The summed E-state index contributed by atoms with van der Waals surface area (Å²) in [5.41, 5.74) is 3.73. The van der Waals surface area contributed by atoms with Crippen molar-refractivity contribution >= 4 is 17.7 Å². The molecule has 37 heavy (non-hydrogen) atoms. The first-order valence-corrected chi connectivity index (χ1v) is 13.6. The van der Waals surface area contributed by atoms with Gasteiger partial charge in [0.1, 0.15) is 11.4 Å². The number of benzene rings is 1. The van der Waals surface area contributed by atoms with Gasteiger partial charge in [-0.05, 0) is 88.3 Å². The van der Waals surface area contributed by atoms with Crippen LogP contribution in [0.4, 0.5) is 4.79 Å². The number of fused-ring (bicyclic) bond motifs is 3. The Labute approximate surface area is 224 Å². The zero-order valence-electron chi connectivity index (χ0n) is 22.4. The lowest BCUT2D eigenvalue weighted by Gasteiger charge is -2.28. The summed E-state index contributed by atoms with van der Waals surface area (Å²) in [5, 5.41) is 9.88. The van der Waals surface area contributed by atoms with Crippen LogP contribution in [0.2, 0.25) is 5.02 Å². The minimum Gasteiger partial charge on any atom is -0.444 e. The van der Waals surface area contributed by atoms with Gasteiger partial charge in [-0.25, -0.2) is 4.79 Å². The van der Waals surface area contributed by atoms with E-state index in [1.165, 1.54) is 5.69 Å². The van der Waals surface area contributed by atoms with Crippen molar-refractivity contribution in [2.45, 2.75) is 96.7 Å². The number of pyridine rings is 1. The van der Waals surface area contributed by atoms with Gasteiger partial charge in [0.15, 0.2) is 5.82 Å². The molecule has 5 rings (SSSR count). The summed E-state index contributed by atoms with van der Waals surface area (Å²) in [7, 11) is 0. The molecule has 0 saturated heterocycles. The number of carbonyl (C=O) groups is 1. The van der Waals surface area contributed by atoms with Crippen LogP contribution in [0, 0.1) is 0 Å². The molecule has 8 heteroatoms. The molecule has 2 aliphatic rings. The Morgan fingerprint density at radius 1 is 1.03 bits per heavy atom. The summed E-state index contributed by atoms with van der Waals surface area (Å²) in [4.78, 5) is 19.7. The van der Waals surface area contributed by atoms with Crippen molar-refractivity contribution in [2.75, 3.05) is 0 Å². The summed E-state index contributed by atoms with van der Waals surface area (Å²) < 4.78 is 7.84. The normalized spacial score (nSPS) is 19.8. The smallest absolute Gasteiger partial charge is 0.411 e. The topological polar surface area (TPSA) is 73.1 Å². The third-order valence-corrected chi connectivity index (χ3v) is 7.51. The van der Waals surface area contributed by atoms with E-state index in [1.54, 1.807) is 4.90 Å². The van der Waals surface area contributed by atoms with E-state index in [1.807, 2.05) is 39.0 Å². The van der Waals surface area contributed by atoms with Gasteiger partial charge in [-0.2, -0.15) is 0 Å². The molecule has 1 aromatic carbocycles. The average molecular weight is 522 g/mol. The van der Waals surface area contributed by atoms with E-state index in [4.69, 9.17) is 21.3 Å². The molecule has 1 aliphatic heterocycles. The van der Waals surface area contributed by atoms with E-state index in [-0.39, 0.29) is 6.09 Å². The first kappa shape index (κ1) is 25.7. The largest absolute Gasteiger partial charge is 0.444 e. The minimum absolute atomic E-state index is 0.294. The number of hydrogen-bond donors (Lipinski definition) is 0. The fourth-order valence-electron chi connectivity index (χ4n) is 5.41. The van der Waals surface area contributed by atoms with Gasteiger partial charge in [-0.1, -0.05) is 31.5 Å². The van der Waals surface area contributed by atoms with Crippen molar-refractivity contribution in [3.05, 3.63) is 70.0 Å². The van der Waals surface area contributed by atoms with Gasteiger partial charge in [0.25, 0.3) is 0 Å². The molecule has 0 N–H and O–H groups in total. The van der Waals surface area contributed by atoms with Crippen molar-refractivity contribution in [2.24, 2.45) is 0 Å². The monoisotopic (exact) mass is 521 g/mol. The van der Waals surface area contributed by atoms with Crippen LogP contribution in [0.5, 0.6) is 0 Å². The van der Waals surface area contributed by atoms with Crippen LogP contribution in [0.15, 0.2) is 36.4 Å². The van der Waals surface area contributed by atoms with Crippen molar-refractivity contribution in [3.8, 4) is 5.69 Å². The quantitative estimate of drug-likeness (QED) is 0.366. The highest BCUT2D eigenvalue weighted by Gasteiger charge is 2.33. The van der Waals surface area contributed by atoms with Crippen molar-refractivity contribution in [3.63, 3.8) is 0 Å². The molecular weight excluding hydrogens is 486 g/mol. The first-order valence-electron chi connectivity index (χ1n) is 13.3. The predicted molar refractivity (Wildman–Crippen MR) is 144 cm³/mol. The maximum Gasteiger partial charge on any atom is 0.411 e. The highest BCUT2D eigenvalue weighted by atomic mass is 35.5. The molecule has 3 heterocycles. The fraction of sp³-hybridized carbons (Fsp3) is 0.517. The zero-order chi connectivity index (χ0) is 26.3. The Morgan fingerprint density at radius 3 is 2.46 bits per heavy atom. The highest BCUT2D eigenvalue weighted by Crippen LogP contribution is 2.41. The molecule has 7 nitrogen and oxygen atoms in total. The number of ether oxygens (including phenoxy) is 1. The molecule has 3 aromatic rings. The standard InChI is InChI=1S/C29H36ClN5O2/c1-18(2)23-7-6-8-24(31-23)19-9-11-20(12-10-19)27-33-32-26-17-34(28(36)37-29(3,4)5)16-21-15-22(30)13-14-25(21)35(26)27/h6-8,13-15,18-20H,9-12,16-17H2,1-5H3/t19-,20-. The van der Waals surface area contributed by atoms with Crippen molar-refractivity contribution < 1.29 is 9.53 Å². The maximum atomic E-state index is 13.0. The molecule has 0 unspecified atom stereocenters. The van der Waals surface area contributed by atoms with Gasteiger partial charge >= 0.3 is 6.09 Å². The van der Waals surface area contributed by atoms with Gasteiger partial charge in [0.05, 0.1) is 18.8 Å². The van der Waals surface area contributed by atoms with Gasteiger partial charge in [-0.15, -0.1) is 10.2 Å². The number of halogens is 1. The predicted octanol–water partition coefficient (Wildman–Crippen LogP) is 7.13. The third-order valence-electron chi connectivity index (χ3n) is 7.28. The van der Waals surface area contributed by atoms with E-state index >= 15 is 0 Å². The van der Waals surface area contributed by atoms with E-state index in [0.29, 0.717) is 35.9 Å². The second-order valence-corrected chi connectivity index (χ2v) is 12.0. The van der Waals surface area contributed by atoms with Crippen LogP contribution in [0.1, 0.15) is 107 Å². The highest BCUT2D eigenvalue weighted by molar-refractivity contribution is 6.30. The maximum absolute atomic E-state index is 13.0. The molecular formula is C29H36ClN5O2. The summed E-state index contributed by atoms with van der Waals surface area (Å²) in [6.45, 7) is 10.7. The number of aromatic nitrogens is 4. The third kappa shape index (κ3) is 5.52. The summed E-state index contributed by atoms with van der Waals surface area (Å²) in [5.74, 6) is 2.90. The van der Waals surface area contributed by atoms with Crippen LogP contribution in [0.25, 0.3) is 5.69 Å². The van der Waals surface area contributed by atoms with E-state index in [0.717, 1.165) is 54.3 Å². The Kier molecular flexibility index (Phi) is 7.01. The summed E-state index contributed by atoms with van der Waals surface area (Å²) >= 11 is 6.38. The molecule has 0 bridgehead atoms. The van der Waals surface area contributed by atoms with E-state index < -0.39 is 5.60 Å². The Bertz CT molecular complexity index is 1290. The van der Waals surface area contributed by atoms with Crippen LogP contribution >= 0.6 is 11.6 Å². The minimum atomic E-state index is -0.582. The first-order chi connectivity index (χ1) is 17.6. The Balaban J connectivity index is 1.41. The molecule has 2 aromatic heterocycles.